The number of benzene rings is 7. The van der Waals surface area contributed by atoms with Gasteiger partial charge in [0.25, 0.3) is 0 Å². The lowest BCUT2D eigenvalue weighted by Crippen LogP contribution is -2.16. The number of rotatable bonds is 5. The molecule has 0 saturated heterocycles. The van der Waals surface area contributed by atoms with E-state index in [2.05, 4.69) is 199 Å². The van der Waals surface area contributed by atoms with Crippen LogP contribution >= 0.6 is 0 Å². The van der Waals surface area contributed by atoms with Gasteiger partial charge in [0, 0.05) is 33.3 Å². The molecule has 9 aromatic rings. The summed E-state index contributed by atoms with van der Waals surface area (Å²) in [4.78, 5) is 2.46. The number of hydrogen-bond acceptors (Lipinski definition) is 2. The van der Waals surface area contributed by atoms with Crippen molar-refractivity contribution in [1.82, 2.24) is 9.61 Å². The van der Waals surface area contributed by atoms with Gasteiger partial charge in [-0.2, -0.15) is 5.10 Å². The summed E-state index contributed by atoms with van der Waals surface area (Å²) >= 11 is 0. The highest BCUT2D eigenvalue weighted by atomic mass is 15.3. The fourth-order valence-electron chi connectivity index (χ4n) is 8.24. The Balaban J connectivity index is 1.35. The summed E-state index contributed by atoms with van der Waals surface area (Å²) in [5, 5.41) is 10.3. The maximum absolute atomic E-state index is 5.55. The van der Waals surface area contributed by atoms with Crippen molar-refractivity contribution in [2.75, 3.05) is 4.90 Å². The van der Waals surface area contributed by atoms with Crippen LogP contribution in [0.4, 0.5) is 17.1 Å². The Bertz CT molecular complexity index is 2780. The molecule has 7 aromatic carbocycles. The Morgan fingerprint density at radius 2 is 1.10 bits per heavy atom. The van der Waals surface area contributed by atoms with Gasteiger partial charge in [-0.1, -0.05) is 159 Å². The van der Waals surface area contributed by atoms with E-state index in [1.165, 1.54) is 38.4 Å². The second kappa shape index (κ2) is 11.3. The van der Waals surface area contributed by atoms with Crippen molar-refractivity contribution in [3.63, 3.8) is 0 Å². The number of hydrogen-bond donors (Lipinski definition) is 0. The maximum atomic E-state index is 5.55. The molecule has 0 spiro atoms. The van der Waals surface area contributed by atoms with Gasteiger partial charge < -0.3 is 4.90 Å². The van der Waals surface area contributed by atoms with Gasteiger partial charge in [-0.15, -0.1) is 0 Å². The van der Waals surface area contributed by atoms with Crippen LogP contribution in [0.1, 0.15) is 25.0 Å². The highest BCUT2D eigenvalue weighted by Gasteiger charge is 2.36. The van der Waals surface area contributed by atoms with E-state index in [4.69, 9.17) is 5.10 Å². The first-order valence-corrected chi connectivity index (χ1v) is 17.6. The van der Waals surface area contributed by atoms with Gasteiger partial charge in [0.05, 0.1) is 11.2 Å². The van der Waals surface area contributed by atoms with E-state index >= 15 is 0 Å². The van der Waals surface area contributed by atoms with Crippen LogP contribution in [0.2, 0.25) is 0 Å². The topological polar surface area (TPSA) is 20.5 Å². The zero-order chi connectivity index (χ0) is 34.1. The van der Waals surface area contributed by atoms with Crippen molar-refractivity contribution in [1.29, 1.82) is 0 Å². The Morgan fingerprint density at radius 1 is 0.490 bits per heavy atom. The molecule has 0 amide bonds. The molecule has 0 radical (unpaired) electrons. The molecule has 1 aliphatic rings. The van der Waals surface area contributed by atoms with Crippen LogP contribution in [-0.4, -0.2) is 9.61 Å². The molecular weight excluding hydrogens is 619 g/mol. The highest BCUT2D eigenvalue weighted by molar-refractivity contribution is 6.10. The minimum Gasteiger partial charge on any atom is -0.306 e. The summed E-state index contributed by atoms with van der Waals surface area (Å²) in [5.41, 5.74) is 13.7. The van der Waals surface area contributed by atoms with Crippen LogP contribution in [0.25, 0.3) is 60.7 Å². The van der Waals surface area contributed by atoms with Crippen molar-refractivity contribution in [3.05, 3.63) is 187 Å². The third kappa shape index (κ3) is 4.55. The van der Waals surface area contributed by atoms with Crippen molar-refractivity contribution in [2.24, 2.45) is 0 Å². The second-order valence-electron chi connectivity index (χ2n) is 14.1. The first-order valence-electron chi connectivity index (χ1n) is 17.6. The zero-order valence-electron chi connectivity index (χ0n) is 28.6. The maximum Gasteiger partial charge on any atom is 0.117 e. The molecule has 10 rings (SSSR count). The highest BCUT2D eigenvalue weighted by Crippen LogP contribution is 2.52. The predicted octanol–water partition coefficient (Wildman–Crippen LogP) is 12.8. The molecular formula is C48H35N3. The largest absolute Gasteiger partial charge is 0.306 e. The standard InChI is InChI=1S/C48H35N3/c1-48(2)42-24-14-13-23-40(42)41-28-27-38(31-43(41)48)50(37-26-25-32-15-9-10-20-35(32)29-37)47-45(34-18-7-4-8-19-34)49-51-44(33-16-5-3-6-17-33)30-36-21-11-12-22-39(36)46(47)51/h3-31H,1-2H3. The molecule has 0 N–H and O–H groups in total. The third-order valence-electron chi connectivity index (χ3n) is 10.8. The average Bonchev–Trinajstić information content (AvgIpc) is 3.68. The predicted molar refractivity (Wildman–Crippen MR) is 213 cm³/mol. The Hall–Kier alpha value is -6.45. The van der Waals surface area contributed by atoms with Crippen LogP contribution in [-0.2, 0) is 5.41 Å². The summed E-state index contributed by atoms with van der Waals surface area (Å²) in [7, 11) is 0. The molecule has 0 atom stereocenters. The molecule has 3 heteroatoms. The quantitative estimate of drug-likeness (QED) is 0.184. The molecule has 1 aliphatic carbocycles. The van der Waals surface area contributed by atoms with Crippen molar-refractivity contribution in [2.45, 2.75) is 19.3 Å². The van der Waals surface area contributed by atoms with E-state index in [0.717, 1.165) is 50.5 Å². The van der Waals surface area contributed by atoms with Gasteiger partial charge in [0.2, 0.25) is 0 Å². The lowest BCUT2D eigenvalue weighted by molar-refractivity contribution is 0.660. The third-order valence-corrected chi connectivity index (χ3v) is 10.8. The lowest BCUT2D eigenvalue weighted by Gasteiger charge is -2.29. The molecule has 0 bridgehead atoms. The second-order valence-corrected chi connectivity index (χ2v) is 14.1. The van der Waals surface area contributed by atoms with Crippen LogP contribution in [0, 0.1) is 0 Å². The van der Waals surface area contributed by atoms with Gasteiger partial charge in [-0.05, 0) is 68.7 Å². The zero-order valence-corrected chi connectivity index (χ0v) is 28.6. The number of pyridine rings is 1. The number of fused-ring (bicyclic) bond motifs is 7. The molecule has 0 fully saturated rings. The molecule has 2 aromatic heterocycles. The molecule has 3 nitrogen and oxygen atoms in total. The van der Waals surface area contributed by atoms with Gasteiger partial charge in [0.1, 0.15) is 11.4 Å². The van der Waals surface area contributed by atoms with E-state index in [1.807, 2.05) is 0 Å². The number of nitrogens with zero attached hydrogens (tertiary/aromatic N) is 3. The summed E-state index contributed by atoms with van der Waals surface area (Å²) in [6, 6.07) is 63.6. The normalized spacial score (nSPS) is 13.1. The van der Waals surface area contributed by atoms with Crippen molar-refractivity contribution < 1.29 is 0 Å². The Labute approximate surface area is 297 Å². The molecule has 2 heterocycles. The van der Waals surface area contributed by atoms with Crippen LogP contribution in [0.3, 0.4) is 0 Å². The number of aromatic nitrogens is 2. The minimum atomic E-state index is -0.145. The Kier molecular flexibility index (Phi) is 6.53. The fourth-order valence-corrected chi connectivity index (χ4v) is 8.24. The smallest absolute Gasteiger partial charge is 0.117 e. The SMILES string of the molecule is CC1(C)c2ccccc2-c2ccc(N(c3ccc4ccccc4c3)c3c(-c4ccccc4)nn4c(-c5ccccc5)cc5ccccc5c34)cc21. The van der Waals surface area contributed by atoms with E-state index in [0.29, 0.717) is 0 Å². The van der Waals surface area contributed by atoms with Crippen molar-refractivity contribution >= 4 is 44.1 Å². The van der Waals surface area contributed by atoms with Gasteiger partial charge in [-0.3, -0.25) is 0 Å². The van der Waals surface area contributed by atoms with Gasteiger partial charge in [-0.25, -0.2) is 4.52 Å². The first-order chi connectivity index (χ1) is 25.1. The number of anilines is 3. The molecule has 242 valence electrons. The average molecular weight is 654 g/mol. The summed E-state index contributed by atoms with van der Waals surface area (Å²) in [6.45, 7) is 4.71. The monoisotopic (exact) mass is 653 g/mol. The van der Waals surface area contributed by atoms with Crippen LogP contribution in [0.5, 0.6) is 0 Å². The molecule has 0 unspecified atom stereocenters. The van der Waals surface area contributed by atoms with E-state index < -0.39 is 0 Å². The molecule has 0 saturated carbocycles. The summed E-state index contributed by atoms with van der Waals surface area (Å²) in [5.74, 6) is 0. The fraction of sp³-hybridized carbons (Fsp3) is 0.0625. The minimum absolute atomic E-state index is 0.145. The van der Waals surface area contributed by atoms with Crippen molar-refractivity contribution in [3.8, 4) is 33.6 Å². The van der Waals surface area contributed by atoms with Gasteiger partial charge in [0.15, 0.2) is 0 Å². The summed E-state index contributed by atoms with van der Waals surface area (Å²) < 4.78 is 2.18. The van der Waals surface area contributed by atoms with Gasteiger partial charge >= 0.3 is 0 Å². The van der Waals surface area contributed by atoms with E-state index in [9.17, 15) is 0 Å². The van der Waals surface area contributed by atoms with Crippen LogP contribution in [0.15, 0.2) is 176 Å². The van der Waals surface area contributed by atoms with E-state index in [-0.39, 0.29) is 5.41 Å². The molecule has 51 heavy (non-hydrogen) atoms. The van der Waals surface area contributed by atoms with E-state index in [1.54, 1.807) is 0 Å². The Morgan fingerprint density at radius 3 is 1.90 bits per heavy atom. The lowest BCUT2D eigenvalue weighted by atomic mass is 9.82. The first kappa shape index (κ1) is 29.5. The molecule has 0 aliphatic heterocycles. The van der Waals surface area contributed by atoms with Crippen LogP contribution < -0.4 is 4.90 Å². The summed E-state index contributed by atoms with van der Waals surface area (Å²) in [6.07, 6.45) is 0.